The minimum Gasteiger partial charge on any atom is -0.496 e. The fraction of sp³-hybridized carbons (Fsp3) is 0.538. The molecule has 0 amide bonds. The third kappa shape index (κ3) is 3.42. The molecule has 0 saturated carbocycles. The van der Waals surface area contributed by atoms with Gasteiger partial charge < -0.3 is 15.2 Å². The van der Waals surface area contributed by atoms with Crippen LogP contribution in [-0.2, 0) is 0 Å². The Labute approximate surface area is 97.4 Å². The predicted octanol–water partition coefficient (Wildman–Crippen LogP) is 2.49. The maximum Gasteiger partial charge on any atom is 0.122 e. The van der Waals surface area contributed by atoms with Gasteiger partial charge in [-0.1, -0.05) is 0 Å². The topological polar surface area (TPSA) is 41.5 Å². The highest BCUT2D eigenvalue weighted by Gasteiger charge is 2.13. The van der Waals surface area contributed by atoms with Crippen molar-refractivity contribution in [3.63, 3.8) is 0 Å². The van der Waals surface area contributed by atoms with Crippen molar-refractivity contribution in [3.05, 3.63) is 23.3 Å². The molecule has 0 aliphatic carbocycles. The van der Waals surface area contributed by atoms with E-state index in [4.69, 9.17) is 4.74 Å². The Morgan fingerprint density at radius 1 is 1.25 bits per heavy atom. The zero-order chi connectivity index (χ0) is 12.3. The predicted molar refractivity (Wildman–Crippen MR) is 67.3 cm³/mol. The number of ether oxygens (including phenoxy) is 1. The van der Waals surface area contributed by atoms with E-state index in [9.17, 15) is 5.11 Å². The third-order valence-corrected chi connectivity index (χ3v) is 2.45. The number of benzene rings is 1. The van der Waals surface area contributed by atoms with Crippen LogP contribution in [0, 0.1) is 13.8 Å². The maximum atomic E-state index is 9.65. The molecule has 0 unspecified atom stereocenters. The molecule has 0 aliphatic rings. The second-order valence-corrected chi connectivity index (χ2v) is 4.80. The van der Waals surface area contributed by atoms with E-state index < -0.39 is 5.60 Å². The first kappa shape index (κ1) is 12.8. The first-order chi connectivity index (χ1) is 7.33. The highest BCUT2D eigenvalue weighted by atomic mass is 16.5. The number of hydrogen-bond donors (Lipinski definition) is 2. The summed E-state index contributed by atoms with van der Waals surface area (Å²) in [7, 11) is 1.67. The normalized spacial score (nSPS) is 11.4. The van der Waals surface area contributed by atoms with Gasteiger partial charge in [0.25, 0.3) is 0 Å². The molecule has 2 N–H and O–H groups in total. The second-order valence-electron chi connectivity index (χ2n) is 4.80. The van der Waals surface area contributed by atoms with Crippen molar-refractivity contribution in [1.82, 2.24) is 0 Å². The van der Waals surface area contributed by atoms with E-state index in [1.54, 1.807) is 21.0 Å². The van der Waals surface area contributed by atoms with Crippen LogP contribution >= 0.6 is 0 Å². The summed E-state index contributed by atoms with van der Waals surface area (Å²) in [4.78, 5) is 0. The number of rotatable bonds is 4. The van der Waals surface area contributed by atoms with Crippen LogP contribution in [0.2, 0.25) is 0 Å². The van der Waals surface area contributed by atoms with Gasteiger partial charge in [0.05, 0.1) is 12.7 Å². The molecular formula is C13H21NO2. The Morgan fingerprint density at radius 2 is 1.88 bits per heavy atom. The van der Waals surface area contributed by atoms with Crippen molar-refractivity contribution < 1.29 is 9.84 Å². The molecule has 0 bridgehead atoms. The summed E-state index contributed by atoms with van der Waals surface area (Å²) in [5.41, 5.74) is 2.54. The van der Waals surface area contributed by atoms with Crippen molar-refractivity contribution in [3.8, 4) is 5.75 Å². The Bertz CT molecular complexity index is 367. The van der Waals surface area contributed by atoms with E-state index in [0.717, 1.165) is 22.6 Å². The lowest BCUT2D eigenvalue weighted by molar-refractivity contribution is 0.0945. The SMILES string of the molecule is COc1cc(C)c(NCC(C)(C)O)cc1C. The van der Waals surface area contributed by atoms with Crippen LogP contribution in [0.15, 0.2) is 12.1 Å². The Hall–Kier alpha value is -1.22. The van der Waals surface area contributed by atoms with E-state index in [1.807, 2.05) is 26.0 Å². The second kappa shape index (κ2) is 4.74. The van der Waals surface area contributed by atoms with Gasteiger partial charge in [-0.25, -0.2) is 0 Å². The molecule has 0 radical (unpaired) electrons. The molecule has 1 rings (SSSR count). The summed E-state index contributed by atoms with van der Waals surface area (Å²) in [6, 6.07) is 4.04. The molecule has 1 aromatic rings. The molecular weight excluding hydrogens is 202 g/mol. The first-order valence-electron chi connectivity index (χ1n) is 5.45. The van der Waals surface area contributed by atoms with E-state index in [-0.39, 0.29) is 0 Å². The number of aliphatic hydroxyl groups is 1. The van der Waals surface area contributed by atoms with Crippen molar-refractivity contribution in [2.75, 3.05) is 19.0 Å². The van der Waals surface area contributed by atoms with Gasteiger partial charge in [0.1, 0.15) is 5.75 Å². The lowest BCUT2D eigenvalue weighted by Gasteiger charge is -2.20. The molecule has 0 saturated heterocycles. The van der Waals surface area contributed by atoms with Crippen LogP contribution in [0.5, 0.6) is 5.75 Å². The number of anilines is 1. The molecule has 0 aromatic heterocycles. The highest BCUT2D eigenvalue weighted by molar-refractivity contribution is 5.57. The number of methoxy groups -OCH3 is 1. The van der Waals surface area contributed by atoms with Gasteiger partial charge in [0, 0.05) is 12.2 Å². The molecule has 1 aromatic carbocycles. The number of hydrogen-bond acceptors (Lipinski definition) is 3. The largest absolute Gasteiger partial charge is 0.496 e. The van der Waals surface area contributed by atoms with E-state index >= 15 is 0 Å². The molecule has 3 nitrogen and oxygen atoms in total. The number of nitrogens with one attached hydrogen (secondary N) is 1. The van der Waals surface area contributed by atoms with Crippen LogP contribution in [0.1, 0.15) is 25.0 Å². The monoisotopic (exact) mass is 223 g/mol. The van der Waals surface area contributed by atoms with Gasteiger partial charge in [-0.05, 0) is 51.0 Å². The Kier molecular flexibility index (Phi) is 3.81. The van der Waals surface area contributed by atoms with Crippen molar-refractivity contribution in [1.29, 1.82) is 0 Å². The minimum absolute atomic E-state index is 0.527. The average molecular weight is 223 g/mol. The van der Waals surface area contributed by atoms with E-state index in [1.165, 1.54) is 0 Å². The summed E-state index contributed by atoms with van der Waals surface area (Å²) < 4.78 is 5.25. The quantitative estimate of drug-likeness (QED) is 0.824. The van der Waals surface area contributed by atoms with Gasteiger partial charge in [0.15, 0.2) is 0 Å². The van der Waals surface area contributed by atoms with Crippen molar-refractivity contribution in [2.45, 2.75) is 33.3 Å². The van der Waals surface area contributed by atoms with Crippen LogP contribution in [0.3, 0.4) is 0 Å². The van der Waals surface area contributed by atoms with Crippen molar-refractivity contribution in [2.24, 2.45) is 0 Å². The third-order valence-electron chi connectivity index (χ3n) is 2.45. The molecule has 0 heterocycles. The fourth-order valence-corrected chi connectivity index (χ4v) is 1.51. The molecule has 90 valence electrons. The van der Waals surface area contributed by atoms with Crippen LogP contribution in [-0.4, -0.2) is 24.4 Å². The first-order valence-corrected chi connectivity index (χ1v) is 5.45. The zero-order valence-corrected chi connectivity index (χ0v) is 10.7. The summed E-state index contributed by atoms with van der Waals surface area (Å²) in [6.07, 6.45) is 0. The number of aryl methyl sites for hydroxylation is 2. The van der Waals surface area contributed by atoms with E-state index in [2.05, 4.69) is 5.32 Å². The molecule has 0 atom stereocenters. The Morgan fingerprint density at radius 3 is 2.38 bits per heavy atom. The van der Waals surface area contributed by atoms with Gasteiger partial charge in [-0.15, -0.1) is 0 Å². The lowest BCUT2D eigenvalue weighted by atomic mass is 10.1. The standard InChI is InChI=1S/C13H21NO2/c1-9-7-12(16-5)10(2)6-11(9)14-8-13(3,4)15/h6-7,14-15H,8H2,1-5H3. The smallest absolute Gasteiger partial charge is 0.122 e. The molecule has 0 fully saturated rings. The molecule has 16 heavy (non-hydrogen) atoms. The van der Waals surface area contributed by atoms with E-state index in [0.29, 0.717) is 6.54 Å². The lowest BCUT2D eigenvalue weighted by Crippen LogP contribution is -2.29. The Balaban J connectivity index is 2.86. The van der Waals surface area contributed by atoms with Gasteiger partial charge >= 0.3 is 0 Å². The van der Waals surface area contributed by atoms with Gasteiger partial charge in [-0.2, -0.15) is 0 Å². The summed E-state index contributed by atoms with van der Waals surface area (Å²) in [5.74, 6) is 0.895. The highest BCUT2D eigenvalue weighted by Crippen LogP contribution is 2.26. The maximum absolute atomic E-state index is 9.65. The van der Waals surface area contributed by atoms with Gasteiger partial charge in [0.2, 0.25) is 0 Å². The molecule has 3 heteroatoms. The van der Waals surface area contributed by atoms with Crippen molar-refractivity contribution >= 4 is 5.69 Å². The molecule has 0 aliphatic heterocycles. The van der Waals surface area contributed by atoms with Crippen LogP contribution < -0.4 is 10.1 Å². The summed E-state index contributed by atoms with van der Waals surface area (Å²) >= 11 is 0. The average Bonchev–Trinajstić information content (AvgIpc) is 2.17. The summed E-state index contributed by atoms with van der Waals surface area (Å²) in [6.45, 7) is 8.12. The zero-order valence-electron chi connectivity index (χ0n) is 10.7. The molecule has 0 spiro atoms. The van der Waals surface area contributed by atoms with Crippen LogP contribution in [0.25, 0.3) is 0 Å². The van der Waals surface area contributed by atoms with Crippen LogP contribution in [0.4, 0.5) is 5.69 Å². The summed E-state index contributed by atoms with van der Waals surface area (Å²) in [5, 5.41) is 12.9. The van der Waals surface area contributed by atoms with Gasteiger partial charge in [-0.3, -0.25) is 0 Å². The fourth-order valence-electron chi connectivity index (χ4n) is 1.51. The minimum atomic E-state index is -0.708.